The maximum Gasteiger partial charge on any atom is 0.178 e. The van der Waals surface area contributed by atoms with Crippen molar-refractivity contribution in [2.75, 3.05) is 0 Å². The standard InChI is InChI=1S/C16H22Cl2N2S/c1-11(2)7-5-3-4-6-8-20-15-10-13(18)12(17)9-14(15)19-16(20)21/h9-11H,3-8H2,1-2H3,(H,19,21). The molecule has 0 saturated carbocycles. The predicted octanol–water partition coefficient (Wildman–Crippen LogP) is 6.61. The summed E-state index contributed by atoms with van der Waals surface area (Å²) in [6.45, 7) is 5.48. The first-order valence-corrected chi connectivity index (χ1v) is 8.73. The van der Waals surface area contributed by atoms with Gasteiger partial charge in [0.25, 0.3) is 0 Å². The molecule has 5 heteroatoms. The predicted molar refractivity (Wildman–Crippen MR) is 95.1 cm³/mol. The van der Waals surface area contributed by atoms with Crippen molar-refractivity contribution < 1.29 is 0 Å². The van der Waals surface area contributed by atoms with Crippen LogP contribution in [0.2, 0.25) is 10.0 Å². The highest BCUT2D eigenvalue weighted by Gasteiger charge is 2.08. The van der Waals surface area contributed by atoms with Gasteiger partial charge in [-0.05, 0) is 36.7 Å². The Morgan fingerprint density at radius 3 is 2.48 bits per heavy atom. The first-order chi connectivity index (χ1) is 9.99. The number of aromatic amines is 1. The Morgan fingerprint density at radius 1 is 1.10 bits per heavy atom. The summed E-state index contributed by atoms with van der Waals surface area (Å²) in [6, 6.07) is 3.73. The molecule has 0 saturated heterocycles. The molecule has 2 nitrogen and oxygen atoms in total. The molecule has 0 spiro atoms. The van der Waals surface area contributed by atoms with E-state index in [1.54, 1.807) is 0 Å². The number of fused-ring (bicyclic) bond motifs is 1. The second kappa shape index (κ2) is 7.66. The van der Waals surface area contributed by atoms with Gasteiger partial charge in [0.15, 0.2) is 4.77 Å². The van der Waals surface area contributed by atoms with Crippen LogP contribution < -0.4 is 0 Å². The van der Waals surface area contributed by atoms with Crippen molar-refractivity contribution in [3.8, 4) is 0 Å². The molecule has 0 fully saturated rings. The third-order valence-corrected chi connectivity index (χ3v) is 4.77. The van der Waals surface area contributed by atoms with Crippen LogP contribution in [0, 0.1) is 10.7 Å². The minimum absolute atomic E-state index is 0.557. The normalized spacial score (nSPS) is 11.7. The van der Waals surface area contributed by atoms with Gasteiger partial charge in [-0.2, -0.15) is 0 Å². The monoisotopic (exact) mass is 344 g/mol. The van der Waals surface area contributed by atoms with E-state index >= 15 is 0 Å². The molecule has 1 N–H and O–H groups in total. The van der Waals surface area contributed by atoms with E-state index in [-0.39, 0.29) is 0 Å². The number of rotatable bonds is 7. The molecule has 1 heterocycles. The molecule has 0 aliphatic rings. The minimum Gasteiger partial charge on any atom is -0.331 e. The van der Waals surface area contributed by atoms with Crippen LogP contribution in [0.1, 0.15) is 46.0 Å². The summed E-state index contributed by atoms with van der Waals surface area (Å²) in [4.78, 5) is 3.20. The summed E-state index contributed by atoms with van der Waals surface area (Å²) in [6.07, 6.45) is 6.31. The fraction of sp³-hybridized carbons (Fsp3) is 0.562. The van der Waals surface area contributed by atoms with Gasteiger partial charge in [0.05, 0.1) is 21.1 Å². The number of H-pyrrole nitrogens is 1. The molecule has 116 valence electrons. The number of nitrogens with one attached hydrogen (secondary N) is 1. The third kappa shape index (κ3) is 4.48. The summed E-state index contributed by atoms with van der Waals surface area (Å²) in [5, 5.41) is 1.13. The molecule has 0 radical (unpaired) electrons. The van der Waals surface area contributed by atoms with Crippen LogP contribution in [-0.4, -0.2) is 9.55 Å². The summed E-state index contributed by atoms with van der Waals surface area (Å²) < 4.78 is 2.86. The first kappa shape index (κ1) is 16.9. The largest absolute Gasteiger partial charge is 0.331 e. The molecule has 2 rings (SSSR count). The number of hydrogen-bond acceptors (Lipinski definition) is 1. The quantitative estimate of drug-likeness (QED) is 0.442. The van der Waals surface area contributed by atoms with Crippen LogP contribution in [0.4, 0.5) is 0 Å². The molecular weight excluding hydrogens is 323 g/mol. The molecule has 0 atom stereocenters. The Labute approximate surface area is 141 Å². The van der Waals surface area contributed by atoms with E-state index in [0.717, 1.165) is 34.7 Å². The minimum atomic E-state index is 0.557. The van der Waals surface area contributed by atoms with E-state index in [4.69, 9.17) is 35.4 Å². The zero-order chi connectivity index (χ0) is 15.4. The van der Waals surface area contributed by atoms with Gasteiger partial charge in [0.1, 0.15) is 0 Å². The molecule has 2 aromatic rings. The fourth-order valence-corrected chi connectivity index (χ4v) is 3.17. The lowest BCUT2D eigenvalue weighted by molar-refractivity contribution is 0.507. The Bertz CT molecular complexity index is 658. The van der Waals surface area contributed by atoms with E-state index < -0.39 is 0 Å². The maximum absolute atomic E-state index is 6.11. The molecule has 1 aromatic carbocycles. The topological polar surface area (TPSA) is 20.7 Å². The van der Waals surface area contributed by atoms with Gasteiger partial charge in [0.2, 0.25) is 0 Å². The van der Waals surface area contributed by atoms with Crippen molar-refractivity contribution in [1.82, 2.24) is 9.55 Å². The smallest absolute Gasteiger partial charge is 0.178 e. The van der Waals surface area contributed by atoms with Crippen LogP contribution in [-0.2, 0) is 6.54 Å². The zero-order valence-electron chi connectivity index (χ0n) is 12.6. The zero-order valence-corrected chi connectivity index (χ0v) is 14.9. The van der Waals surface area contributed by atoms with Crippen molar-refractivity contribution in [2.45, 2.75) is 52.5 Å². The fourth-order valence-electron chi connectivity index (χ4n) is 2.55. The summed E-state index contributed by atoms with van der Waals surface area (Å²) in [5.74, 6) is 0.805. The van der Waals surface area contributed by atoms with Crippen LogP contribution >= 0.6 is 35.4 Å². The average Bonchev–Trinajstić information content (AvgIpc) is 2.70. The summed E-state index contributed by atoms with van der Waals surface area (Å²) >= 11 is 17.5. The highest BCUT2D eigenvalue weighted by Crippen LogP contribution is 2.27. The van der Waals surface area contributed by atoms with E-state index in [9.17, 15) is 0 Å². The van der Waals surface area contributed by atoms with Crippen molar-refractivity contribution in [1.29, 1.82) is 0 Å². The number of aryl methyl sites for hydroxylation is 1. The average molecular weight is 345 g/mol. The number of unbranched alkanes of at least 4 members (excludes halogenated alkanes) is 3. The van der Waals surface area contributed by atoms with Crippen LogP contribution in [0.5, 0.6) is 0 Å². The number of imidazole rings is 1. The van der Waals surface area contributed by atoms with Crippen molar-refractivity contribution in [3.63, 3.8) is 0 Å². The molecule has 0 amide bonds. The SMILES string of the molecule is CC(C)CCCCCCn1c(=S)[nH]c2cc(Cl)c(Cl)cc21. The Morgan fingerprint density at radius 2 is 1.76 bits per heavy atom. The maximum atomic E-state index is 6.11. The van der Waals surface area contributed by atoms with E-state index in [2.05, 4.69) is 23.4 Å². The molecule has 0 aliphatic heterocycles. The Kier molecular flexibility index (Phi) is 6.15. The molecule has 21 heavy (non-hydrogen) atoms. The van der Waals surface area contributed by atoms with E-state index in [0.29, 0.717) is 10.0 Å². The second-order valence-corrected chi connectivity index (χ2v) is 7.16. The second-order valence-electron chi connectivity index (χ2n) is 5.96. The first-order valence-electron chi connectivity index (χ1n) is 7.56. The Hall–Kier alpha value is -0.510. The van der Waals surface area contributed by atoms with Crippen LogP contribution in [0.15, 0.2) is 12.1 Å². The highest BCUT2D eigenvalue weighted by molar-refractivity contribution is 7.71. The van der Waals surface area contributed by atoms with Gasteiger partial charge in [-0.15, -0.1) is 0 Å². The number of benzene rings is 1. The molecule has 0 bridgehead atoms. The number of nitrogens with zero attached hydrogens (tertiary/aromatic N) is 1. The third-order valence-electron chi connectivity index (χ3n) is 3.73. The number of hydrogen-bond donors (Lipinski definition) is 1. The summed E-state index contributed by atoms with van der Waals surface area (Å²) in [7, 11) is 0. The van der Waals surface area contributed by atoms with Gasteiger partial charge in [-0.3, -0.25) is 0 Å². The van der Waals surface area contributed by atoms with Gasteiger partial charge >= 0.3 is 0 Å². The summed E-state index contributed by atoms with van der Waals surface area (Å²) in [5.41, 5.74) is 1.99. The lowest BCUT2D eigenvalue weighted by Gasteiger charge is -2.06. The molecule has 1 aromatic heterocycles. The number of halogens is 2. The van der Waals surface area contributed by atoms with Crippen molar-refractivity contribution in [3.05, 3.63) is 26.9 Å². The molecule has 0 unspecified atom stereocenters. The lowest BCUT2D eigenvalue weighted by Crippen LogP contribution is -1.98. The molecular formula is C16H22Cl2N2S. The molecule has 0 aliphatic carbocycles. The lowest BCUT2D eigenvalue weighted by atomic mass is 10.0. The van der Waals surface area contributed by atoms with Crippen molar-refractivity contribution in [2.24, 2.45) is 5.92 Å². The number of aromatic nitrogens is 2. The Balaban J connectivity index is 1.97. The van der Waals surface area contributed by atoms with Gasteiger partial charge in [-0.1, -0.05) is 62.7 Å². The van der Waals surface area contributed by atoms with Crippen molar-refractivity contribution >= 4 is 46.5 Å². The van der Waals surface area contributed by atoms with E-state index in [1.165, 1.54) is 25.7 Å². The van der Waals surface area contributed by atoms with Crippen LogP contribution in [0.25, 0.3) is 11.0 Å². The van der Waals surface area contributed by atoms with Gasteiger partial charge in [-0.25, -0.2) is 0 Å². The van der Waals surface area contributed by atoms with Gasteiger partial charge in [0, 0.05) is 6.54 Å². The highest BCUT2D eigenvalue weighted by atomic mass is 35.5. The van der Waals surface area contributed by atoms with E-state index in [1.807, 2.05) is 12.1 Å². The van der Waals surface area contributed by atoms with Gasteiger partial charge < -0.3 is 9.55 Å². The van der Waals surface area contributed by atoms with Crippen LogP contribution in [0.3, 0.4) is 0 Å².